The van der Waals surface area contributed by atoms with Crippen LogP contribution in [0, 0.1) is 12.8 Å². The smallest absolute Gasteiger partial charge is 0.159 e. The van der Waals surface area contributed by atoms with Crippen LogP contribution >= 0.6 is 11.6 Å². The summed E-state index contributed by atoms with van der Waals surface area (Å²) in [5, 5.41) is 4.56. The standard InChI is InChI=1S/C17H22ClFN2O2/c1-12-16(22-2)9-21(20-12)17(11-18)7-8-23-10-14(17)13-5-3-4-6-15(13)19/h7-10,13,15H,3-6,11H2,1-2H3. The minimum atomic E-state index is -0.869. The van der Waals surface area contributed by atoms with Gasteiger partial charge in [0.2, 0.25) is 0 Å². The zero-order valence-electron chi connectivity index (χ0n) is 13.5. The molecule has 0 bridgehead atoms. The molecule has 0 aromatic carbocycles. The van der Waals surface area contributed by atoms with Crippen molar-refractivity contribution in [3.63, 3.8) is 0 Å². The minimum Gasteiger partial charge on any atom is -0.493 e. The van der Waals surface area contributed by atoms with Crippen molar-refractivity contribution in [3.05, 3.63) is 36.1 Å². The molecule has 1 aliphatic heterocycles. The van der Waals surface area contributed by atoms with Crippen LogP contribution in [0.3, 0.4) is 0 Å². The topological polar surface area (TPSA) is 36.3 Å². The van der Waals surface area contributed by atoms with Crippen molar-refractivity contribution in [2.24, 2.45) is 5.92 Å². The van der Waals surface area contributed by atoms with Gasteiger partial charge in [0.05, 0.1) is 31.7 Å². The molecule has 126 valence electrons. The number of allylic oxidation sites excluding steroid dienone is 2. The maximum Gasteiger partial charge on any atom is 0.159 e. The zero-order valence-corrected chi connectivity index (χ0v) is 14.2. The summed E-state index contributed by atoms with van der Waals surface area (Å²) in [5.74, 6) is 0.753. The van der Waals surface area contributed by atoms with Crippen LogP contribution in [0.5, 0.6) is 5.75 Å². The molecule has 1 aliphatic carbocycles. The van der Waals surface area contributed by atoms with Crippen LogP contribution in [-0.4, -0.2) is 28.9 Å². The fourth-order valence-corrected chi connectivity index (χ4v) is 3.91. The Hall–Kier alpha value is -1.49. The first-order chi connectivity index (χ1) is 11.1. The molecule has 1 fully saturated rings. The first-order valence-corrected chi connectivity index (χ1v) is 8.50. The van der Waals surface area contributed by atoms with E-state index in [2.05, 4.69) is 5.10 Å². The van der Waals surface area contributed by atoms with Crippen LogP contribution in [0.1, 0.15) is 31.4 Å². The van der Waals surface area contributed by atoms with Gasteiger partial charge >= 0.3 is 0 Å². The average Bonchev–Trinajstić information content (AvgIpc) is 2.96. The summed E-state index contributed by atoms with van der Waals surface area (Å²) in [7, 11) is 1.61. The van der Waals surface area contributed by atoms with Gasteiger partial charge in [-0.05, 0) is 25.8 Å². The summed E-state index contributed by atoms with van der Waals surface area (Å²) in [6, 6.07) is 0. The van der Waals surface area contributed by atoms with Crippen molar-refractivity contribution in [3.8, 4) is 5.75 Å². The van der Waals surface area contributed by atoms with Gasteiger partial charge in [0, 0.05) is 11.5 Å². The van der Waals surface area contributed by atoms with Gasteiger partial charge < -0.3 is 9.47 Å². The monoisotopic (exact) mass is 340 g/mol. The van der Waals surface area contributed by atoms with Gasteiger partial charge in [0.25, 0.3) is 0 Å². The second-order valence-electron chi connectivity index (χ2n) is 6.20. The third-order valence-corrected chi connectivity index (χ3v) is 5.29. The van der Waals surface area contributed by atoms with E-state index in [-0.39, 0.29) is 11.8 Å². The van der Waals surface area contributed by atoms with Gasteiger partial charge in [-0.2, -0.15) is 5.10 Å². The predicted molar refractivity (Wildman–Crippen MR) is 87.4 cm³/mol. The number of aryl methyl sites for hydroxylation is 1. The van der Waals surface area contributed by atoms with Crippen LogP contribution in [0.2, 0.25) is 0 Å². The lowest BCUT2D eigenvalue weighted by Gasteiger charge is -2.39. The Kier molecular flexibility index (Phi) is 4.67. The van der Waals surface area contributed by atoms with Gasteiger partial charge in [-0.15, -0.1) is 11.6 Å². The second kappa shape index (κ2) is 6.56. The Morgan fingerprint density at radius 2 is 2.26 bits per heavy atom. The summed E-state index contributed by atoms with van der Waals surface area (Å²) in [6.45, 7) is 1.88. The number of aromatic nitrogens is 2. The molecule has 3 unspecified atom stereocenters. The Morgan fingerprint density at radius 3 is 2.91 bits per heavy atom. The SMILES string of the molecule is COc1cn(C2(CCl)C=COC=C2C2CCCCC2F)nc1C. The molecule has 0 amide bonds. The molecule has 1 saturated carbocycles. The largest absolute Gasteiger partial charge is 0.493 e. The van der Waals surface area contributed by atoms with Gasteiger partial charge in [0.15, 0.2) is 5.75 Å². The highest BCUT2D eigenvalue weighted by atomic mass is 35.5. The van der Waals surface area contributed by atoms with E-state index < -0.39 is 11.7 Å². The fraction of sp³-hybridized carbons (Fsp3) is 0.588. The molecule has 2 heterocycles. The molecule has 2 aliphatic rings. The van der Waals surface area contributed by atoms with Crippen LogP contribution in [0.15, 0.2) is 30.4 Å². The molecule has 0 saturated heterocycles. The zero-order chi connectivity index (χ0) is 16.4. The molecule has 3 atom stereocenters. The number of hydrogen-bond donors (Lipinski definition) is 0. The van der Waals surface area contributed by atoms with Crippen molar-refractivity contribution in [1.29, 1.82) is 0 Å². The van der Waals surface area contributed by atoms with E-state index in [0.29, 0.717) is 12.2 Å². The summed E-state index contributed by atoms with van der Waals surface area (Å²) < 4.78 is 27.1. The number of rotatable bonds is 4. The maximum atomic E-state index is 14.6. The lowest BCUT2D eigenvalue weighted by atomic mass is 9.74. The molecule has 3 rings (SSSR count). The molecule has 23 heavy (non-hydrogen) atoms. The summed E-state index contributed by atoms with van der Waals surface area (Å²) in [4.78, 5) is 0. The van der Waals surface area contributed by atoms with Crippen LogP contribution < -0.4 is 4.74 Å². The fourth-order valence-electron chi connectivity index (χ4n) is 3.55. The Labute approximate surface area is 140 Å². The normalized spacial score (nSPS) is 30.7. The van der Waals surface area contributed by atoms with E-state index in [0.717, 1.165) is 30.5 Å². The number of alkyl halides is 2. The number of nitrogens with zero attached hydrogens (tertiary/aromatic N) is 2. The second-order valence-corrected chi connectivity index (χ2v) is 6.47. The van der Waals surface area contributed by atoms with E-state index >= 15 is 0 Å². The molecule has 0 N–H and O–H groups in total. The highest BCUT2D eigenvalue weighted by Gasteiger charge is 2.43. The van der Waals surface area contributed by atoms with E-state index in [9.17, 15) is 4.39 Å². The van der Waals surface area contributed by atoms with Crippen molar-refractivity contribution in [1.82, 2.24) is 9.78 Å². The van der Waals surface area contributed by atoms with Crippen LogP contribution in [0.25, 0.3) is 0 Å². The molecular weight excluding hydrogens is 319 g/mol. The summed E-state index contributed by atoms with van der Waals surface area (Å²) in [5.41, 5.74) is 0.914. The number of halogens is 2. The average molecular weight is 341 g/mol. The molecule has 6 heteroatoms. The molecule has 0 radical (unpaired) electrons. The molecule has 1 aromatic heterocycles. The van der Waals surface area contributed by atoms with E-state index in [4.69, 9.17) is 21.1 Å². The quantitative estimate of drug-likeness (QED) is 0.774. The van der Waals surface area contributed by atoms with Crippen molar-refractivity contribution in [2.45, 2.75) is 44.3 Å². The summed E-state index contributed by atoms with van der Waals surface area (Å²) >= 11 is 6.37. The van der Waals surface area contributed by atoms with E-state index in [1.165, 1.54) is 0 Å². The number of methoxy groups -OCH3 is 1. The predicted octanol–water partition coefficient (Wildman–Crippen LogP) is 4.09. The van der Waals surface area contributed by atoms with Crippen molar-refractivity contribution < 1.29 is 13.9 Å². The van der Waals surface area contributed by atoms with Crippen molar-refractivity contribution >= 4 is 11.6 Å². The lowest BCUT2D eigenvalue weighted by molar-refractivity contribution is 0.164. The number of hydrogen-bond acceptors (Lipinski definition) is 3. The number of ether oxygens (including phenoxy) is 2. The maximum absolute atomic E-state index is 14.6. The third kappa shape index (κ3) is 2.75. The van der Waals surface area contributed by atoms with Crippen LogP contribution in [-0.2, 0) is 10.3 Å². The van der Waals surface area contributed by atoms with Gasteiger partial charge in [-0.25, -0.2) is 4.39 Å². The highest BCUT2D eigenvalue weighted by molar-refractivity contribution is 6.18. The Balaban J connectivity index is 2.04. The summed E-state index contributed by atoms with van der Waals surface area (Å²) in [6.07, 6.45) is 9.40. The molecule has 1 aromatic rings. The Bertz CT molecular complexity index is 628. The van der Waals surface area contributed by atoms with E-state index in [1.54, 1.807) is 24.3 Å². The minimum absolute atomic E-state index is 0.192. The van der Waals surface area contributed by atoms with Crippen molar-refractivity contribution in [2.75, 3.05) is 13.0 Å². The first-order valence-electron chi connectivity index (χ1n) is 7.97. The lowest BCUT2D eigenvalue weighted by Crippen LogP contribution is -2.43. The van der Waals surface area contributed by atoms with E-state index in [1.807, 2.05) is 19.2 Å². The van der Waals surface area contributed by atoms with Crippen LogP contribution in [0.4, 0.5) is 4.39 Å². The van der Waals surface area contributed by atoms with Gasteiger partial charge in [0.1, 0.15) is 17.4 Å². The Morgan fingerprint density at radius 1 is 1.48 bits per heavy atom. The molecule has 0 spiro atoms. The van der Waals surface area contributed by atoms with Gasteiger partial charge in [-0.3, -0.25) is 4.68 Å². The van der Waals surface area contributed by atoms with Gasteiger partial charge in [-0.1, -0.05) is 12.8 Å². The molecule has 4 nitrogen and oxygen atoms in total. The third-order valence-electron chi connectivity index (χ3n) is 4.88. The first kappa shape index (κ1) is 16.4. The highest BCUT2D eigenvalue weighted by Crippen LogP contribution is 2.43. The molecular formula is C17H22ClFN2O2.